The minimum atomic E-state index is 0.128. The second-order valence-electron chi connectivity index (χ2n) is 3.36. The molecule has 0 aliphatic rings. The number of ether oxygens (including phenoxy) is 2. The molecule has 2 rings (SSSR count). The van der Waals surface area contributed by atoms with E-state index in [4.69, 9.17) is 26.3 Å². The fraction of sp³-hybridized carbons (Fsp3) is 0.0769. The van der Waals surface area contributed by atoms with Gasteiger partial charge in [0.05, 0.1) is 7.11 Å². The zero-order chi connectivity index (χ0) is 13.0. The van der Waals surface area contributed by atoms with Gasteiger partial charge in [0.2, 0.25) is 0 Å². The third-order valence-corrected chi connectivity index (χ3v) is 2.55. The van der Waals surface area contributed by atoms with Gasteiger partial charge >= 0.3 is 0 Å². The third kappa shape index (κ3) is 2.53. The van der Waals surface area contributed by atoms with E-state index in [0.29, 0.717) is 11.5 Å². The van der Waals surface area contributed by atoms with Gasteiger partial charge in [-0.3, -0.25) is 0 Å². The Morgan fingerprint density at radius 2 is 1.83 bits per heavy atom. The molecule has 2 aromatic rings. The van der Waals surface area contributed by atoms with Gasteiger partial charge in [0.25, 0.3) is 0 Å². The highest BCUT2D eigenvalue weighted by Gasteiger charge is 2.09. The number of hydrogen-bond donors (Lipinski definition) is 0. The lowest BCUT2D eigenvalue weighted by Crippen LogP contribution is -1.91. The maximum absolute atomic E-state index is 8.99. The van der Waals surface area contributed by atoms with Gasteiger partial charge in [-0.1, -0.05) is 11.6 Å². The predicted octanol–water partition coefficient (Wildman–Crippen LogP) is 3.41. The summed E-state index contributed by atoms with van der Waals surface area (Å²) in [6.45, 7) is 0. The SMILES string of the molecule is COc1ccc(Oc2ccnc(Cl)c2C#N)cc1. The minimum Gasteiger partial charge on any atom is -0.497 e. The summed E-state index contributed by atoms with van der Waals surface area (Å²) in [4.78, 5) is 3.82. The van der Waals surface area contributed by atoms with E-state index in [2.05, 4.69) is 4.98 Å². The summed E-state index contributed by atoms with van der Waals surface area (Å²) in [5.41, 5.74) is 0.218. The van der Waals surface area contributed by atoms with Crippen molar-refractivity contribution in [3.63, 3.8) is 0 Å². The van der Waals surface area contributed by atoms with Crippen molar-refractivity contribution in [2.75, 3.05) is 7.11 Å². The highest BCUT2D eigenvalue weighted by molar-refractivity contribution is 6.30. The number of methoxy groups -OCH3 is 1. The standard InChI is InChI=1S/C13H9ClN2O2/c1-17-9-2-4-10(5-3-9)18-12-6-7-16-13(14)11(12)8-15/h2-7H,1H3. The highest BCUT2D eigenvalue weighted by Crippen LogP contribution is 2.29. The lowest BCUT2D eigenvalue weighted by atomic mass is 10.3. The summed E-state index contributed by atoms with van der Waals surface area (Å²) in [7, 11) is 1.59. The molecule has 0 bridgehead atoms. The van der Waals surface area contributed by atoms with E-state index in [1.54, 1.807) is 37.4 Å². The Hall–Kier alpha value is -2.25. The van der Waals surface area contributed by atoms with Crippen LogP contribution in [0, 0.1) is 11.3 Å². The maximum atomic E-state index is 8.99. The first-order valence-electron chi connectivity index (χ1n) is 5.11. The Morgan fingerprint density at radius 1 is 1.17 bits per heavy atom. The van der Waals surface area contributed by atoms with E-state index in [9.17, 15) is 0 Å². The van der Waals surface area contributed by atoms with Crippen molar-refractivity contribution in [2.45, 2.75) is 0 Å². The second-order valence-corrected chi connectivity index (χ2v) is 3.72. The van der Waals surface area contributed by atoms with E-state index in [1.165, 1.54) is 6.20 Å². The molecule has 90 valence electrons. The molecular formula is C13H9ClN2O2. The highest BCUT2D eigenvalue weighted by atomic mass is 35.5. The van der Waals surface area contributed by atoms with Crippen LogP contribution in [-0.4, -0.2) is 12.1 Å². The molecule has 0 amide bonds. The summed E-state index contributed by atoms with van der Waals surface area (Å²) in [6, 6.07) is 10.6. The van der Waals surface area contributed by atoms with Crippen LogP contribution in [-0.2, 0) is 0 Å². The molecule has 1 aromatic carbocycles. The van der Waals surface area contributed by atoms with Crippen molar-refractivity contribution in [2.24, 2.45) is 0 Å². The number of hydrogen-bond acceptors (Lipinski definition) is 4. The smallest absolute Gasteiger partial charge is 0.150 e. The van der Waals surface area contributed by atoms with Crippen molar-refractivity contribution in [1.29, 1.82) is 5.26 Å². The van der Waals surface area contributed by atoms with Gasteiger partial charge in [-0.25, -0.2) is 4.98 Å². The van der Waals surface area contributed by atoms with Gasteiger partial charge in [-0.15, -0.1) is 0 Å². The number of pyridine rings is 1. The topological polar surface area (TPSA) is 55.1 Å². The summed E-state index contributed by atoms with van der Waals surface area (Å²) >= 11 is 5.81. The molecule has 5 heteroatoms. The molecule has 0 fully saturated rings. The van der Waals surface area contributed by atoms with E-state index >= 15 is 0 Å². The van der Waals surface area contributed by atoms with Crippen LogP contribution < -0.4 is 9.47 Å². The van der Waals surface area contributed by atoms with E-state index in [0.717, 1.165) is 5.75 Å². The van der Waals surface area contributed by atoms with Crippen LogP contribution >= 0.6 is 11.6 Å². The van der Waals surface area contributed by atoms with Crippen molar-refractivity contribution in [3.8, 4) is 23.3 Å². The number of benzene rings is 1. The van der Waals surface area contributed by atoms with Crippen LogP contribution in [0.5, 0.6) is 17.2 Å². The van der Waals surface area contributed by atoms with Gasteiger partial charge in [0.15, 0.2) is 5.15 Å². The van der Waals surface area contributed by atoms with E-state index in [-0.39, 0.29) is 10.7 Å². The molecule has 0 N–H and O–H groups in total. The molecule has 4 nitrogen and oxygen atoms in total. The number of nitrogens with zero attached hydrogens (tertiary/aromatic N) is 2. The molecule has 18 heavy (non-hydrogen) atoms. The molecule has 1 heterocycles. The van der Waals surface area contributed by atoms with Gasteiger partial charge in [0, 0.05) is 12.3 Å². The van der Waals surface area contributed by atoms with Gasteiger partial charge < -0.3 is 9.47 Å². The monoisotopic (exact) mass is 260 g/mol. The Morgan fingerprint density at radius 3 is 2.44 bits per heavy atom. The van der Waals surface area contributed by atoms with Crippen molar-refractivity contribution < 1.29 is 9.47 Å². The van der Waals surface area contributed by atoms with Crippen molar-refractivity contribution >= 4 is 11.6 Å². The van der Waals surface area contributed by atoms with Crippen LogP contribution in [0.2, 0.25) is 5.15 Å². The van der Waals surface area contributed by atoms with Crippen molar-refractivity contribution in [1.82, 2.24) is 4.98 Å². The first kappa shape index (κ1) is 12.2. The fourth-order valence-electron chi connectivity index (χ4n) is 1.38. The Balaban J connectivity index is 2.28. The average molecular weight is 261 g/mol. The van der Waals surface area contributed by atoms with E-state index in [1.807, 2.05) is 6.07 Å². The zero-order valence-electron chi connectivity index (χ0n) is 9.55. The molecule has 0 radical (unpaired) electrons. The largest absolute Gasteiger partial charge is 0.497 e. The first-order valence-corrected chi connectivity index (χ1v) is 5.49. The van der Waals surface area contributed by atoms with E-state index < -0.39 is 0 Å². The Kier molecular flexibility index (Phi) is 3.66. The summed E-state index contributed by atoms with van der Waals surface area (Å²) < 4.78 is 10.6. The van der Waals surface area contributed by atoms with Crippen LogP contribution in [0.15, 0.2) is 36.5 Å². The summed E-state index contributed by atoms with van der Waals surface area (Å²) in [5, 5.41) is 9.11. The van der Waals surface area contributed by atoms with Crippen LogP contribution in [0.25, 0.3) is 0 Å². The van der Waals surface area contributed by atoms with Gasteiger partial charge in [-0.05, 0) is 24.3 Å². The van der Waals surface area contributed by atoms with Crippen LogP contribution in [0.4, 0.5) is 0 Å². The van der Waals surface area contributed by atoms with Gasteiger partial charge in [0.1, 0.15) is 28.9 Å². The molecule has 1 aromatic heterocycles. The predicted molar refractivity (Wildman–Crippen MR) is 67.0 cm³/mol. The summed E-state index contributed by atoms with van der Waals surface area (Å²) in [5.74, 6) is 1.70. The number of nitriles is 1. The molecule has 0 aliphatic heterocycles. The fourth-order valence-corrected chi connectivity index (χ4v) is 1.57. The number of rotatable bonds is 3. The molecule has 0 atom stereocenters. The van der Waals surface area contributed by atoms with Crippen LogP contribution in [0.1, 0.15) is 5.56 Å². The normalized spacial score (nSPS) is 9.61. The number of halogens is 1. The summed E-state index contributed by atoms with van der Waals surface area (Å²) in [6.07, 6.45) is 1.49. The molecule has 0 saturated heterocycles. The molecule has 0 spiro atoms. The average Bonchev–Trinajstić information content (AvgIpc) is 2.40. The van der Waals surface area contributed by atoms with Crippen LogP contribution in [0.3, 0.4) is 0 Å². The molecule has 0 unspecified atom stereocenters. The lowest BCUT2D eigenvalue weighted by Gasteiger charge is -2.08. The Labute approximate surface area is 109 Å². The Bertz CT molecular complexity index is 591. The maximum Gasteiger partial charge on any atom is 0.150 e. The second kappa shape index (κ2) is 5.39. The molecule has 0 aliphatic carbocycles. The quantitative estimate of drug-likeness (QED) is 0.794. The third-order valence-electron chi connectivity index (χ3n) is 2.27. The lowest BCUT2D eigenvalue weighted by molar-refractivity contribution is 0.412. The molecular weight excluding hydrogens is 252 g/mol. The number of aromatic nitrogens is 1. The first-order chi connectivity index (χ1) is 8.74. The zero-order valence-corrected chi connectivity index (χ0v) is 10.3. The molecule has 0 saturated carbocycles. The minimum absolute atomic E-state index is 0.128. The van der Waals surface area contributed by atoms with Crippen molar-refractivity contribution in [3.05, 3.63) is 47.2 Å². The van der Waals surface area contributed by atoms with Gasteiger partial charge in [-0.2, -0.15) is 5.26 Å².